The van der Waals surface area contributed by atoms with Crippen molar-refractivity contribution in [2.75, 3.05) is 7.05 Å². The van der Waals surface area contributed by atoms with Crippen molar-refractivity contribution in [3.63, 3.8) is 0 Å². The van der Waals surface area contributed by atoms with Gasteiger partial charge in [-0.15, -0.1) is 0 Å². The third kappa shape index (κ3) is 4.23. The Morgan fingerprint density at radius 3 is 2.25 bits per heavy atom. The molecule has 0 saturated carbocycles. The molecule has 0 aliphatic rings. The number of likely N-dealkylation sites (N-methyl/N-ethyl adjacent to an activating group) is 1. The van der Waals surface area contributed by atoms with Crippen LogP contribution in [0.3, 0.4) is 0 Å². The van der Waals surface area contributed by atoms with E-state index in [1.54, 1.807) is 0 Å². The van der Waals surface area contributed by atoms with Crippen molar-refractivity contribution < 1.29 is 4.74 Å². The second kappa shape index (κ2) is 6.54. The Morgan fingerprint density at radius 1 is 1.19 bits per heavy atom. The van der Waals surface area contributed by atoms with Crippen molar-refractivity contribution >= 4 is 0 Å². The molecule has 0 aliphatic heterocycles. The first-order chi connectivity index (χ1) is 7.65. The topological polar surface area (TPSA) is 21.3 Å². The summed E-state index contributed by atoms with van der Waals surface area (Å²) in [5.74, 6) is 0.955. The minimum atomic E-state index is 0.242. The van der Waals surface area contributed by atoms with E-state index in [2.05, 4.69) is 36.5 Å². The molecule has 0 aliphatic carbocycles. The molecular weight excluding hydrogens is 198 g/mol. The summed E-state index contributed by atoms with van der Waals surface area (Å²) in [6.07, 6.45) is 2.47. The van der Waals surface area contributed by atoms with Gasteiger partial charge < -0.3 is 10.1 Å². The van der Waals surface area contributed by atoms with Crippen LogP contribution in [-0.4, -0.2) is 19.2 Å². The molecule has 1 unspecified atom stereocenters. The van der Waals surface area contributed by atoms with Gasteiger partial charge >= 0.3 is 0 Å². The number of nitrogens with one attached hydrogen (secondary N) is 1. The number of rotatable bonds is 6. The lowest BCUT2D eigenvalue weighted by Gasteiger charge is -2.14. The summed E-state index contributed by atoms with van der Waals surface area (Å²) in [7, 11) is 2.02. The van der Waals surface area contributed by atoms with E-state index < -0.39 is 0 Å². The van der Waals surface area contributed by atoms with Gasteiger partial charge in [-0.05, 0) is 51.4 Å². The van der Waals surface area contributed by atoms with Crippen molar-refractivity contribution in [2.24, 2.45) is 0 Å². The van der Waals surface area contributed by atoms with Crippen LogP contribution in [0.5, 0.6) is 5.75 Å². The molecule has 2 heteroatoms. The summed E-state index contributed by atoms with van der Waals surface area (Å²) in [6, 6.07) is 8.97. The second-order valence-electron chi connectivity index (χ2n) is 4.41. The van der Waals surface area contributed by atoms with Gasteiger partial charge in [-0.2, -0.15) is 0 Å². The SMILES string of the molecule is CCC(Cc1ccc(OC(C)C)cc1)NC. The molecule has 1 aromatic rings. The third-order valence-corrected chi connectivity index (χ3v) is 2.68. The summed E-state index contributed by atoms with van der Waals surface area (Å²) in [5.41, 5.74) is 1.36. The molecule has 1 N–H and O–H groups in total. The van der Waals surface area contributed by atoms with Crippen LogP contribution in [0.2, 0.25) is 0 Å². The van der Waals surface area contributed by atoms with Crippen molar-refractivity contribution in [3.05, 3.63) is 29.8 Å². The smallest absolute Gasteiger partial charge is 0.119 e. The van der Waals surface area contributed by atoms with Crippen LogP contribution in [0, 0.1) is 0 Å². The minimum Gasteiger partial charge on any atom is -0.491 e. The average molecular weight is 221 g/mol. The van der Waals surface area contributed by atoms with Crippen LogP contribution in [0.15, 0.2) is 24.3 Å². The third-order valence-electron chi connectivity index (χ3n) is 2.68. The summed E-state index contributed by atoms with van der Waals surface area (Å²) in [6.45, 7) is 6.29. The second-order valence-corrected chi connectivity index (χ2v) is 4.41. The highest BCUT2D eigenvalue weighted by molar-refractivity contribution is 5.27. The van der Waals surface area contributed by atoms with Crippen LogP contribution >= 0.6 is 0 Å². The first-order valence-electron chi connectivity index (χ1n) is 6.08. The lowest BCUT2D eigenvalue weighted by molar-refractivity contribution is 0.242. The minimum absolute atomic E-state index is 0.242. The molecule has 0 bridgehead atoms. The highest BCUT2D eigenvalue weighted by Gasteiger charge is 2.04. The molecule has 1 atom stereocenters. The van der Waals surface area contributed by atoms with Crippen molar-refractivity contribution in [2.45, 2.75) is 45.8 Å². The fourth-order valence-electron chi connectivity index (χ4n) is 1.71. The van der Waals surface area contributed by atoms with Crippen LogP contribution in [0.25, 0.3) is 0 Å². The lowest BCUT2D eigenvalue weighted by Crippen LogP contribution is -2.26. The summed E-state index contributed by atoms with van der Waals surface area (Å²) < 4.78 is 5.61. The quantitative estimate of drug-likeness (QED) is 0.797. The molecule has 16 heavy (non-hydrogen) atoms. The number of hydrogen-bond donors (Lipinski definition) is 1. The Balaban J connectivity index is 2.57. The van der Waals surface area contributed by atoms with E-state index in [1.165, 1.54) is 5.56 Å². The Labute approximate surface area is 99.0 Å². The normalized spacial score (nSPS) is 12.8. The van der Waals surface area contributed by atoms with Gasteiger partial charge in [0.25, 0.3) is 0 Å². The highest BCUT2D eigenvalue weighted by Crippen LogP contribution is 2.15. The van der Waals surface area contributed by atoms with Gasteiger partial charge in [0.2, 0.25) is 0 Å². The zero-order valence-corrected chi connectivity index (χ0v) is 10.8. The summed E-state index contributed by atoms with van der Waals surface area (Å²) in [4.78, 5) is 0. The van der Waals surface area contributed by atoms with Gasteiger partial charge in [0.15, 0.2) is 0 Å². The summed E-state index contributed by atoms with van der Waals surface area (Å²) >= 11 is 0. The zero-order valence-electron chi connectivity index (χ0n) is 10.8. The maximum atomic E-state index is 5.61. The molecule has 1 aromatic carbocycles. The molecule has 1 rings (SSSR count). The Hall–Kier alpha value is -1.02. The predicted molar refractivity (Wildman–Crippen MR) is 69.0 cm³/mol. The highest BCUT2D eigenvalue weighted by atomic mass is 16.5. The number of hydrogen-bond acceptors (Lipinski definition) is 2. The summed E-state index contributed by atoms with van der Waals surface area (Å²) in [5, 5.41) is 3.32. The first-order valence-corrected chi connectivity index (χ1v) is 6.08. The molecule has 2 nitrogen and oxygen atoms in total. The van der Waals surface area contributed by atoms with Crippen LogP contribution in [0.1, 0.15) is 32.8 Å². The van der Waals surface area contributed by atoms with E-state index in [0.29, 0.717) is 6.04 Å². The van der Waals surface area contributed by atoms with E-state index in [0.717, 1.165) is 18.6 Å². The van der Waals surface area contributed by atoms with Gasteiger partial charge in [0.1, 0.15) is 5.75 Å². The largest absolute Gasteiger partial charge is 0.491 e. The van der Waals surface area contributed by atoms with Crippen molar-refractivity contribution in [3.8, 4) is 5.75 Å². The Kier molecular flexibility index (Phi) is 5.33. The van der Waals surface area contributed by atoms with Gasteiger partial charge in [-0.25, -0.2) is 0 Å². The first kappa shape index (κ1) is 13.0. The standard InChI is InChI=1S/C14H23NO/c1-5-13(15-4)10-12-6-8-14(9-7-12)16-11(2)3/h6-9,11,13,15H,5,10H2,1-4H3. The van der Waals surface area contributed by atoms with E-state index in [9.17, 15) is 0 Å². The fraction of sp³-hybridized carbons (Fsp3) is 0.571. The molecule has 0 spiro atoms. The zero-order chi connectivity index (χ0) is 12.0. The average Bonchev–Trinajstić information content (AvgIpc) is 2.27. The molecule has 0 fully saturated rings. The van der Waals surface area contributed by atoms with Crippen LogP contribution in [-0.2, 0) is 6.42 Å². The molecule has 0 amide bonds. The van der Waals surface area contributed by atoms with E-state index in [1.807, 2.05) is 20.9 Å². The number of ether oxygens (including phenoxy) is 1. The predicted octanol–water partition coefficient (Wildman–Crippen LogP) is 3.01. The van der Waals surface area contributed by atoms with Crippen molar-refractivity contribution in [1.29, 1.82) is 0 Å². The van der Waals surface area contributed by atoms with E-state index in [-0.39, 0.29) is 6.10 Å². The Morgan fingerprint density at radius 2 is 1.81 bits per heavy atom. The molecule has 0 radical (unpaired) electrons. The fourth-order valence-corrected chi connectivity index (χ4v) is 1.71. The maximum absolute atomic E-state index is 5.61. The molecule has 0 aromatic heterocycles. The van der Waals surface area contributed by atoms with Crippen LogP contribution < -0.4 is 10.1 Å². The molecular formula is C14H23NO. The van der Waals surface area contributed by atoms with E-state index >= 15 is 0 Å². The van der Waals surface area contributed by atoms with Crippen molar-refractivity contribution in [1.82, 2.24) is 5.32 Å². The van der Waals surface area contributed by atoms with Gasteiger partial charge in [-0.3, -0.25) is 0 Å². The molecule has 0 heterocycles. The van der Waals surface area contributed by atoms with Gasteiger partial charge in [0.05, 0.1) is 6.10 Å². The maximum Gasteiger partial charge on any atom is 0.119 e. The monoisotopic (exact) mass is 221 g/mol. The lowest BCUT2D eigenvalue weighted by atomic mass is 10.0. The molecule has 0 saturated heterocycles. The van der Waals surface area contributed by atoms with Gasteiger partial charge in [-0.1, -0.05) is 19.1 Å². The number of benzene rings is 1. The molecule has 90 valence electrons. The van der Waals surface area contributed by atoms with Crippen LogP contribution in [0.4, 0.5) is 0 Å². The van der Waals surface area contributed by atoms with E-state index in [4.69, 9.17) is 4.74 Å². The van der Waals surface area contributed by atoms with Gasteiger partial charge in [0, 0.05) is 6.04 Å². The Bertz CT molecular complexity index is 288.